The number of nitrogens with zero attached hydrogens (tertiary/aromatic N) is 4. The fraction of sp³-hybridized carbons (Fsp3) is 0.0833. The van der Waals surface area contributed by atoms with Gasteiger partial charge in [0.25, 0.3) is 0 Å². The van der Waals surface area contributed by atoms with Crippen LogP contribution in [0.2, 0.25) is 6.82 Å². The van der Waals surface area contributed by atoms with Crippen LogP contribution in [0.5, 0.6) is 0 Å². The van der Waals surface area contributed by atoms with Crippen molar-refractivity contribution in [2.45, 2.75) is 27.6 Å². The Labute approximate surface area is 338 Å². The molecule has 276 valence electrons. The van der Waals surface area contributed by atoms with Crippen molar-refractivity contribution in [1.29, 1.82) is 0 Å². The monoisotopic (exact) mass is 796 g/mol. The molecule has 0 spiro atoms. The molecule has 0 aliphatic carbocycles. The van der Waals surface area contributed by atoms with Crippen LogP contribution in [0.3, 0.4) is 0 Å². The van der Waals surface area contributed by atoms with Crippen molar-refractivity contribution in [3.8, 4) is 67.3 Å². The van der Waals surface area contributed by atoms with Crippen molar-refractivity contribution in [3.63, 3.8) is 0 Å². The lowest BCUT2D eigenvalue weighted by atomic mass is 9.99. The van der Waals surface area contributed by atoms with E-state index in [1.165, 1.54) is 34.6 Å². The maximum Gasteiger partial charge on any atom is 0.448 e. The van der Waals surface area contributed by atoms with E-state index in [2.05, 4.69) is 188 Å². The molecule has 0 unspecified atom stereocenters. The third kappa shape index (κ3) is 11.0. The van der Waals surface area contributed by atoms with Crippen molar-refractivity contribution in [3.05, 3.63) is 192 Å². The van der Waals surface area contributed by atoms with Gasteiger partial charge in [-0.3, -0.25) is 0 Å². The molecular formula is C48H42BBrN4O2. The molecule has 8 rings (SSSR count). The topological polar surface area (TPSA) is 92.0 Å². The first-order chi connectivity index (χ1) is 27.1. The van der Waals surface area contributed by atoms with Crippen LogP contribution in [0.1, 0.15) is 17.2 Å². The van der Waals surface area contributed by atoms with Crippen LogP contribution in [-0.2, 0) is 0 Å². The molecule has 2 N–H and O–H groups in total. The van der Waals surface area contributed by atoms with E-state index in [-0.39, 0.29) is 0 Å². The zero-order valence-electron chi connectivity index (χ0n) is 31.8. The Bertz CT molecular complexity index is 2320. The molecule has 6 aromatic carbocycles. The number of hydrogen-bond donors (Lipinski definition) is 2. The Balaban J connectivity index is 0.000000174. The molecule has 2 heterocycles. The average molecular weight is 798 g/mol. The second-order valence-electron chi connectivity index (χ2n) is 13.3. The van der Waals surface area contributed by atoms with Gasteiger partial charge in [-0.2, -0.15) is 0 Å². The molecule has 2 aromatic heterocycles. The Morgan fingerprint density at radius 1 is 0.375 bits per heavy atom. The summed E-state index contributed by atoms with van der Waals surface area (Å²) in [6.45, 7) is 7.25. The predicted octanol–water partition coefficient (Wildman–Crippen LogP) is 11.7. The molecule has 0 atom stereocenters. The van der Waals surface area contributed by atoms with E-state index in [9.17, 15) is 0 Å². The van der Waals surface area contributed by atoms with E-state index >= 15 is 0 Å². The number of aryl methyl sites for hydroxylation is 3. The fourth-order valence-corrected chi connectivity index (χ4v) is 6.31. The minimum Gasteiger partial charge on any atom is -0.427 e. The fourth-order valence-electron chi connectivity index (χ4n) is 6.05. The van der Waals surface area contributed by atoms with Crippen LogP contribution in [0.25, 0.3) is 67.3 Å². The molecule has 8 heteroatoms. The van der Waals surface area contributed by atoms with Crippen LogP contribution in [0.15, 0.2) is 174 Å². The molecule has 0 amide bonds. The number of halogens is 1. The minimum absolute atomic E-state index is 0.769. The largest absolute Gasteiger partial charge is 0.448 e. The standard InChI is InChI=1S/C24H20N2.C23H17BrN2.CH5BO2/c1-17-11-13-20(14-12-17)23-16-24(26-18(2)25-23)22-10-6-9-21(15-22)19-7-4-3-5-8-19;1-16-25-22(18-10-12-21(24)13-11-18)15-23(26-16)20-9-5-8-19(14-20)17-6-3-2-4-7-17;1-2(3)4/h3-16H,1-2H3;2-15H,1H3;3-4H,1H3. The molecule has 0 aliphatic rings. The average Bonchev–Trinajstić information content (AvgIpc) is 3.22. The summed E-state index contributed by atoms with van der Waals surface area (Å²) in [4.78, 5) is 18.6. The summed E-state index contributed by atoms with van der Waals surface area (Å²) in [5.74, 6) is 1.55. The molecule has 8 aromatic rings. The van der Waals surface area contributed by atoms with Gasteiger partial charge in [-0.1, -0.05) is 155 Å². The molecule has 0 bridgehead atoms. The highest BCUT2D eigenvalue weighted by atomic mass is 79.9. The number of hydrogen-bond acceptors (Lipinski definition) is 6. The maximum absolute atomic E-state index is 7.61. The zero-order valence-corrected chi connectivity index (χ0v) is 33.4. The van der Waals surface area contributed by atoms with Crippen LogP contribution < -0.4 is 0 Å². The molecule has 0 fully saturated rings. The van der Waals surface area contributed by atoms with Gasteiger partial charge in [-0.05, 0) is 86.2 Å². The van der Waals surface area contributed by atoms with Crippen LogP contribution in [-0.4, -0.2) is 37.1 Å². The number of rotatable bonds is 6. The highest BCUT2D eigenvalue weighted by Crippen LogP contribution is 2.30. The summed E-state index contributed by atoms with van der Waals surface area (Å²) < 4.78 is 1.06. The van der Waals surface area contributed by atoms with Gasteiger partial charge < -0.3 is 10.0 Å². The second-order valence-corrected chi connectivity index (χ2v) is 14.2. The first-order valence-electron chi connectivity index (χ1n) is 18.3. The highest BCUT2D eigenvalue weighted by Gasteiger charge is 2.10. The van der Waals surface area contributed by atoms with Crippen LogP contribution in [0, 0.1) is 20.8 Å². The van der Waals surface area contributed by atoms with Gasteiger partial charge in [-0.25, -0.2) is 19.9 Å². The van der Waals surface area contributed by atoms with E-state index < -0.39 is 7.12 Å². The summed E-state index contributed by atoms with van der Waals surface area (Å²) in [5, 5.41) is 15.2. The quantitative estimate of drug-likeness (QED) is 0.163. The van der Waals surface area contributed by atoms with Gasteiger partial charge in [0, 0.05) is 26.7 Å². The van der Waals surface area contributed by atoms with Crippen molar-refractivity contribution < 1.29 is 10.0 Å². The molecular weight excluding hydrogens is 755 g/mol. The minimum atomic E-state index is -1.17. The van der Waals surface area contributed by atoms with E-state index in [1.54, 1.807) is 0 Å². The van der Waals surface area contributed by atoms with Gasteiger partial charge in [-0.15, -0.1) is 0 Å². The molecule has 6 nitrogen and oxygen atoms in total. The lowest BCUT2D eigenvalue weighted by molar-refractivity contribution is 0.417. The van der Waals surface area contributed by atoms with Gasteiger partial charge in [0.1, 0.15) is 11.6 Å². The van der Waals surface area contributed by atoms with Crippen LogP contribution in [0.4, 0.5) is 0 Å². The Kier molecular flexibility index (Phi) is 13.4. The predicted molar refractivity (Wildman–Crippen MR) is 235 cm³/mol. The smallest absolute Gasteiger partial charge is 0.427 e. The third-order valence-electron chi connectivity index (χ3n) is 8.69. The van der Waals surface area contributed by atoms with Gasteiger partial charge in [0.05, 0.1) is 22.8 Å². The zero-order chi connectivity index (χ0) is 39.4. The maximum atomic E-state index is 7.61. The summed E-state index contributed by atoms with van der Waals surface area (Å²) in [6, 6.07) is 58.6. The van der Waals surface area contributed by atoms with E-state index in [0.29, 0.717) is 0 Å². The molecule has 56 heavy (non-hydrogen) atoms. The molecule has 0 saturated heterocycles. The summed E-state index contributed by atoms with van der Waals surface area (Å²) in [6.07, 6.45) is 0. The first-order valence-corrected chi connectivity index (χ1v) is 19.1. The lowest BCUT2D eigenvalue weighted by Gasteiger charge is -2.09. The van der Waals surface area contributed by atoms with Gasteiger partial charge in [0.2, 0.25) is 0 Å². The number of benzene rings is 6. The normalized spacial score (nSPS) is 10.4. The molecule has 0 aliphatic heterocycles. The molecule has 0 radical (unpaired) electrons. The Hall–Kier alpha value is -6.06. The third-order valence-corrected chi connectivity index (χ3v) is 9.22. The van der Waals surface area contributed by atoms with E-state index in [0.717, 1.165) is 61.2 Å². The lowest BCUT2D eigenvalue weighted by Crippen LogP contribution is -2.00. The summed E-state index contributed by atoms with van der Waals surface area (Å²) in [5.41, 5.74) is 14.2. The van der Waals surface area contributed by atoms with Crippen molar-refractivity contribution in [2.75, 3.05) is 0 Å². The van der Waals surface area contributed by atoms with Crippen molar-refractivity contribution in [2.24, 2.45) is 0 Å². The highest BCUT2D eigenvalue weighted by molar-refractivity contribution is 9.10. The van der Waals surface area contributed by atoms with E-state index in [4.69, 9.17) is 10.0 Å². The molecule has 0 saturated carbocycles. The van der Waals surface area contributed by atoms with E-state index in [1.807, 2.05) is 38.1 Å². The van der Waals surface area contributed by atoms with Crippen molar-refractivity contribution >= 4 is 23.0 Å². The SMILES string of the molecule is CB(O)O.Cc1ccc(-c2cc(-c3cccc(-c4ccccc4)c3)nc(C)n2)cc1.Cc1nc(-c2ccc(Br)cc2)cc(-c2cccc(-c3ccccc3)c2)n1. The van der Waals surface area contributed by atoms with Gasteiger partial charge >= 0.3 is 7.12 Å². The Morgan fingerprint density at radius 2 is 0.696 bits per heavy atom. The summed E-state index contributed by atoms with van der Waals surface area (Å²) in [7, 11) is -1.17. The summed E-state index contributed by atoms with van der Waals surface area (Å²) >= 11 is 3.48. The number of aromatic nitrogens is 4. The Morgan fingerprint density at radius 3 is 1.09 bits per heavy atom. The van der Waals surface area contributed by atoms with Crippen LogP contribution >= 0.6 is 15.9 Å². The first kappa shape index (κ1) is 39.6. The van der Waals surface area contributed by atoms with Gasteiger partial charge in [0.15, 0.2) is 0 Å². The second kappa shape index (κ2) is 19.0. The van der Waals surface area contributed by atoms with Crippen molar-refractivity contribution in [1.82, 2.24) is 19.9 Å².